The molecule has 0 aliphatic carbocycles. The Balaban J connectivity index is 1.35. The molecule has 4 aromatic rings. The average molecular weight is 812 g/mol. The summed E-state index contributed by atoms with van der Waals surface area (Å²) in [6.45, 7) is 17.9. The van der Waals surface area contributed by atoms with E-state index in [4.69, 9.17) is 28.1 Å². The summed E-state index contributed by atoms with van der Waals surface area (Å²) in [5, 5.41) is 11.9. The lowest BCUT2D eigenvalue weighted by atomic mass is 9.84. The second-order valence-electron chi connectivity index (χ2n) is 16.3. The molecule has 0 saturated carbocycles. The Bertz CT molecular complexity index is 1890. The predicted molar refractivity (Wildman–Crippen MR) is 228 cm³/mol. The third-order valence-electron chi connectivity index (χ3n) is 11.6. The molecule has 0 bridgehead atoms. The summed E-state index contributed by atoms with van der Waals surface area (Å²) in [7, 11) is -0.736. The van der Waals surface area contributed by atoms with Gasteiger partial charge in [-0.1, -0.05) is 90.1 Å². The molecule has 312 valence electrons. The zero-order chi connectivity index (χ0) is 41.2. The number of hydrogen-bond donors (Lipinski definition) is 0. The number of nitrogens with zero attached hydrogens (tertiary/aromatic N) is 3. The number of amides is 1. The lowest BCUT2D eigenvalue weighted by molar-refractivity contribution is -0.605. The Kier molecular flexibility index (Phi) is 14.7. The van der Waals surface area contributed by atoms with E-state index in [1.54, 1.807) is 24.1 Å². The lowest BCUT2D eigenvalue weighted by Crippen LogP contribution is -2.59. The van der Waals surface area contributed by atoms with E-state index in [1.807, 2.05) is 48.5 Å². The van der Waals surface area contributed by atoms with Gasteiger partial charge in [-0.05, 0) is 70.1 Å². The van der Waals surface area contributed by atoms with Crippen molar-refractivity contribution < 1.29 is 37.6 Å². The molecule has 1 amide bonds. The minimum Gasteiger partial charge on any atom is -0.619 e. The highest BCUT2D eigenvalue weighted by Crippen LogP contribution is 2.46. The van der Waals surface area contributed by atoms with Gasteiger partial charge in [0.1, 0.15) is 24.7 Å². The standard InChI is InChI=1S/C46H61N3O8Si/c1-33(2)58(34(3)4,35(5)6)57-44-30-48(46(50)55-31-36-13-9-8-10-14-36)29-43(45(44)38-17-19-39(20-18-38)56-40-15-11-23-49(51)28-40)54-32-37-16-21-42-41(27-37)47(24-26-53-42)22-12-25-52-7/h8-11,13-21,23,27-28,33-35,43-45H,12,22,24-26,29-32H2,1-7H3. The van der Waals surface area contributed by atoms with Crippen LogP contribution in [0.3, 0.4) is 0 Å². The van der Waals surface area contributed by atoms with Gasteiger partial charge >= 0.3 is 6.09 Å². The Hall–Kier alpha value is -4.62. The van der Waals surface area contributed by atoms with Crippen LogP contribution in [0.25, 0.3) is 0 Å². The van der Waals surface area contributed by atoms with Crippen LogP contribution in [0.5, 0.6) is 17.2 Å². The van der Waals surface area contributed by atoms with E-state index in [-0.39, 0.29) is 18.6 Å². The van der Waals surface area contributed by atoms with Crippen molar-refractivity contribution in [3.05, 3.63) is 119 Å². The number of piperidine rings is 1. The number of methoxy groups -OCH3 is 1. The summed E-state index contributed by atoms with van der Waals surface area (Å²) in [4.78, 5) is 18.2. The molecule has 1 saturated heterocycles. The number of carbonyl (C=O) groups excluding carboxylic acids is 1. The lowest BCUT2D eigenvalue weighted by Gasteiger charge is -2.50. The first-order valence-corrected chi connectivity index (χ1v) is 22.8. The zero-order valence-corrected chi connectivity index (χ0v) is 36.2. The average Bonchev–Trinajstić information content (AvgIpc) is 3.21. The molecule has 1 fully saturated rings. The fraction of sp³-hybridized carbons (Fsp3) is 0.478. The Morgan fingerprint density at radius 1 is 0.862 bits per heavy atom. The van der Waals surface area contributed by atoms with Crippen molar-refractivity contribution in [2.75, 3.05) is 51.4 Å². The maximum absolute atomic E-state index is 14.0. The number of pyridine rings is 1. The summed E-state index contributed by atoms with van der Waals surface area (Å²) in [6, 6.07) is 27.4. The van der Waals surface area contributed by atoms with Gasteiger partial charge in [0.05, 0.1) is 37.6 Å². The van der Waals surface area contributed by atoms with Crippen molar-refractivity contribution in [2.45, 2.75) is 95.9 Å². The number of fused-ring (bicyclic) bond motifs is 1. The molecule has 58 heavy (non-hydrogen) atoms. The Morgan fingerprint density at radius 3 is 2.28 bits per heavy atom. The van der Waals surface area contributed by atoms with E-state index in [9.17, 15) is 10.0 Å². The highest BCUT2D eigenvalue weighted by molar-refractivity contribution is 6.77. The molecule has 0 spiro atoms. The highest BCUT2D eigenvalue weighted by atomic mass is 28.4. The number of hydrogen-bond acceptors (Lipinski definition) is 9. The molecule has 0 N–H and O–H groups in total. The number of carbonyl (C=O) groups is 1. The Labute approximate surface area is 345 Å². The first kappa shape index (κ1) is 43.0. The van der Waals surface area contributed by atoms with Gasteiger partial charge in [0.25, 0.3) is 0 Å². The molecule has 1 aromatic heterocycles. The fourth-order valence-corrected chi connectivity index (χ4v) is 14.5. The molecule has 11 nitrogen and oxygen atoms in total. The van der Waals surface area contributed by atoms with Crippen LogP contribution < -0.4 is 19.1 Å². The normalized spacial score (nSPS) is 18.3. The van der Waals surface area contributed by atoms with E-state index in [2.05, 4.69) is 70.7 Å². The topological polar surface area (TPSA) is 106 Å². The quantitative estimate of drug-likeness (QED) is 0.0447. The maximum Gasteiger partial charge on any atom is 0.410 e. The minimum absolute atomic E-state index is 0.173. The van der Waals surface area contributed by atoms with E-state index < -0.39 is 20.5 Å². The maximum atomic E-state index is 14.0. The van der Waals surface area contributed by atoms with Crippen LogP contribution in [0.15, 0.2) is 97.3 Å². The van der Waals surface area contributed by atoms with Crippen molar-refractivity contribution in [3.63, 3.8) is 0 Å². The highest BCUT2D eigenvalue weighted by Gasteiger charge is 2.51. The molecular formula is C46H61N3O8Si. The van der Waals surface area contributed by atoms with Gasteiger partial charge in [-0.25, -0.2) is 4.79 Å². The second-order valence-corrected chi connectivity index (χ2v) is 21.8. The molecule has 2 aliphatic heterocycles. The number of anilines is 1. The van der Waals surface area contributed by atoms with Gasteiger partial charge in [0.2, 0.25) is 14.5 Å². The van der Waals surface area contributed by atoms with Crippen molar-refractivity contribution in [1.29, 1.82) is 0 Å². The summed E-state index contributed by atoms with van der Waals surface area (Å²) in [5.74, 6) is 1.70. The van der Waals surface area contributed by atoms with Crippen LogP contribution >= 0.6 is 0 Å². The fourth-order valence-electron chi connectivity index (χ4n) is 8.93. The molecule has 2 aliphatic rings. The van der Waals surface area contributed by atoms with Crippen LogP contribution in [0.1, 0.15) is 70.6 Å². The third kappa shape index (κ3) is 10.3. The Morgan fingerprint density at radius 2 is 1.59 bits per heavy atom. The molecule has 3 unspecified atom stereocenters. The van der Waals surface area contributed by atoms with Crippen LogP contribution in [-0.4, -0.2) is 78.0 Å². The van der Waals surface area contributed by atoms with Crippen LogP contribution in [-0.2, 0) is 31.9 Å². The number of benzene rings is 3. The smallest absolute Gasteiger partial charge is 0.410 e. The number of aromatic nitrogens is 1. The molecule has 3 aromatic carbocycles. The van der Waals surface area contributed by atoms with E-state index in [0.29, 0.717) is 61.0 Å². The van der Waals surface area contributed by atoms with Crippen LogP contribution in [0.4, 0.5) is 10.5 Å². The monoisotopic (exact) mass is 811 g/mol. The summed E-state index contributed by atoms with van der Waals surface area (Å²) in [5.41, 5.74) is 4.97. The van der Waals surface area contributed by atoms with Gasteiger partial charge in [-0.3, -0.25) is 0 Å². The van der Waals surface area contributed by atoms with Crippen molar-refractivity contribution in [3.8, 4) is 17.2 Å². The largest absolute Gasteiger partial charge is 0.619 e. The summed E-state index contributed by atoms with van der Waals surface area (Å²) in [6.07, 6.45) is 2.52. The third-order valence-corrected chi connectivity index (χ3v) is 17.7. The summed E-state index contributed by atoms with van der Waals surface area (Å²) < 4.78 is 38.8. The van der Waals surface area contributed by atoms with Crippen molar-refractivity contribution in [1.82, 2.24) is 4.90 Å². The summed E-state index contributed by atoms with van der Waals surface area (Å²) >= 11 is 0. The van der Waals surface area contributed by atoms with E-state index >= 15 is 0 Å². The SMILES string of the molecule is COCCCN1CCOc2ccc(COC3CN(C(=O)OCc4ccccc4)CC(O[Si](C(C)C)(C(C)C)C(C)C)C3c3ccc(Oc4ccc[n+]([O-])c4)cc3)cc21. The molecular weight excluding hydrogens is 751 g/mol. The van der Waals surface area contributed by atoms with Gasteiger partial charge in [0.15, 0.2) is 11.9 Å². The van der Waals surface area contributed by atoms with Crippen molar-refractivity contribution in [2.24, 2.45) is 0 Å². The van der Waals surface area contributed by atoms with Crippen LogP contribution in [0, 0.1) is 5.21 Å². The molecule has 3 atom stereocenters. The van der Waals surface area contributed by atoms with Gasteiger partial charge < -0.3 is 43.1 Å². The predicted octanol–water partition coefficient (Wildman–Crippen LogP) is 9.23. The molecule has 3 heterocycles. The number of ether oxygens (including phenoxy) is 5. The first-order valence-electron chi connectivity index (χ1n) is 20.7. The van der Waals surface area contributed by atoms with Crippen LogP contribution in [0.2, 0.25) is 16.6 Å². The zero-order valence-electron chi connectivity index (χ0n) is 35.2. The van der Waals surface area contributed by atoms with Gasteiger partial charge in [-0.2, -0.15) is 4.73 Å². The van der Waals surface area contributed by atoms with Gasteiger partial charge in [-0.15, -0.1) is 0 Å². The first-order chi connectivity index (χ1) is 28.0. The van der Waals surface area contributed by atoms with E-state index in [0.717, 1.165) is 52.4 Å². The second kappa shape index (κ2) is 19.9. The van der Waals surface area contributed by atoms with Gasteiger partial charge in [0, 0.05) is 38.8 Å². The molecule has 6 rings (SSSR count). The van der Waals surface area contributed by atoms with Crippen molar-refractivity contribution >= 4 is 20.1 Å². The van der Waals surface area contributed by atoms with E-state index in [1.165, 1.54) is 12.4 Å². The number of rotatable bonds is 17. The minimum atomic E-state index is -2.47. The molecule has 12 heteroatoms. The number of likely N-dealkylation sites (tertiary alicyclic amines) is 1. The molecule has 0 radical (unpaired) electrons.